The van der Waals surface area contributed by atoms with Crippen molar-refractivity contribution in [1.29, 1.82) is 0 Å². The van der Waals surface area contributed by atoms with E-state index in [1.165, 1.54) is 45.6 Å². The highest BCUT2D eigenvalue weighted by Gasteiger charge is 2.48. The van der Waals surface area contributed by atoms with Gasteiger partial charge in [-0.2, -0.15) is 0 Å². The molecule has 1 aromatic heterocycles. The number of carbonyl (C=O) groups is 2. The number of Topliss-reactive ketones (excluding diaryl/α,β-unsaturated/α-hetero) is 2. The van der Waals surface area contributed by atoms with Crippen molar-refractivity contribution in [3.63, 3.8) is 0 Å². The fourth-order valence-corrected chi connectivity index (χ4v) is 10.8. The Labute approximate surface area is 356 Å². The minimum absolute atomic E-state index is 0.00261. The van der Waals surface area contributed by atoms with Crippen molar-refractivity contribution >= 4 is 23.5 Å². The molecule has 0 amide bonds. The van der Waals surface area contributed by atoms with Crippen LogP contribution in [0.4, 0.5) is 5.82 Å². The largest absolute Gasteiger partial charge is 0.504 e. The molecule has 1 spiro atoms. The zero-order valence-corrected chi connectivity index (χ0v) is 35.4. The number of aromatic nitrogens is 1. The molecule has 3 aromatic rings. The van der Waals surface area contributed by atoms with E-state index in [1.54, 1.807) is 18.3 Å². The van der Waals surface area contributed by atoms with Gasteiger partial charge in [-0.05, 0) is 123 Å². The molecule has 8 atom stereocenters. The molecule has 9 heteroatoms. The lowest BCUT2D eigenvalue weighted by molar-refractivity contribution is -0.124. The number of anilines is 1. The molecule has 2 aromatic carbocycles. The Morgan fingerprint density at radius 2 is 1.80 bits per heavy atom. The summed E-state index contributed by atoms with van der Waals surface area (Å²) in [5, 5.41) is 38.2. The fraction of sp³-hybridized carbons (Fsp3) is 0.549. The molecule has 2 heterocycles. The van der Waals surface area contributed by atoms with Gasteiger partial charge in [-0.3, -0.25) is 9.59 Å². The van der Waals surface area contributed by atoms with E-state index in [9.17, 15) is 24.9 Å². The number of benzene rings is 2. The Kier molecular flexibility index (Phi) is 14.8. The second-order valence-corrected chi connectivity index (χ2v) is 18.2. The predicted octanol–water partition coefficient (Wildman–Crippen LogP) is 8.60. The number of fused-ring (bicyclic) bond motifs is 2. The first kappa shape index (κ1) is 43.6. The van der Waals surface area contributed by atoms with Gasteiger partial charge in [-0.15, -0.1) is 0 Å². The number of allylic oxidation sites excluding steroid dienone is 1. The highest BCUT2D eigenvalue weighted by Crippen LogP contribution is 2.47. The number of aliphatic hydroxyl groups excluding tert-OH is 2. The van der Waals surface area contributed by atoms with Gasteiger partial charge in [-0.25, -0.2) is 4.98 Å². The summed E-state index contributed by atoms with van der Waals surface area (Å²) in [4.78, 5) is 30.3. The maximum Gasteiger partial charge on any atom is 0.160 e. The van der Waals surface area contributed by atoms with Crippen LogP contribution in [0, 0.1) is 29.6 Å². The lowest BCUT2D eigenvalue weighted by Gasteiger charge is -2.54. The first-order chi connectivity index (χ1) is 29.1. The van der Waals surface area contributed by atoms with Crippen LogP contribution in [0.3, 0.4) is 0 Å². The molecule has 0 unspecified atom stereocenters. The standard InChI is InChI=1S/C51H65N3O6/c1-60-49-30-38-19-23-47(58)43(46(57)13-7-6-12-40-28-39-17-21-42(56)32-45(39)54-51(40)25-8-3-9-26-51)22-18-35(44(38)33-48(49)59)16-20-41(55)29-36(37-24-27-53-50(52)31-37)15-14-34-10-4-2-5-11-34/h2,4-5,10-11,14-15,24,27,30-31,33,35-36,39-41,43,45-46,54-55,57,59H,3,6-9,12-13,16-17,19-21,23,25-26,28-29,32H2,1H3,(H2,52,53)/b15-14+/t35-,36+,39+,40-,41+,43-,45-,46-/m1/s1. The van der Waals surface area contributed by atoms with Crippen molar-refractivity contribution in [2.24, 2.45) is 17.8 Å². The van der Waals surface area contributed by atoms with E-state index in [0.717, 1.165) is 47.9 Å². The molecule has 6 N–H and O–H groups in total. The average molecular weight is 816 g/mol. The average Bonchev–Trinajstić information content (AvgIpc) is 3.31. The molecule has 0 radical (unpaired) electrons. The van der Waals surface area contributed by atoms with Gasteiger partial charge in [-0.1, -0.05) is 86.4 Å². The van der Waals surface area contributed by atoms with Crippen LogP contribution < -0.4 is 15.8 Å². The maximum atomic E-state index is 13.8. The van der Waals surface area contributed by atoms with E-state index in [2.05, 4.69) is 34.3 Å². The third-order valence-electron chi connectivity index (χ3n) is 14.2. The molecule has 2 saturated carbocycles. The summed E-state index contributed by atoms with van der Waals surface area (Å²) in [6.07, 6.45) is 19.4. The molecule has 9 nitrogen and oxygen atoms in total. The molecular weight excluding hydrogens is 751 g/mol. The van der Waals surface area contributed by atoms with E-state index in [4.69, 9.17) is 10.5 Å². The number of piperidine rings is 1. The molecule has 320 valence electrons. The highest BCUT2D eigenvalue weighted by atomic mass is 16.5. The van der Waals surface area contributed by atoms with E-state index >= 15 is 0 Å². The Bertz CT molecular complexity index is 2020. The van der Waals surface area contributed by atoms with Crippen LogP contribution in [0.15, 0.2) is 66.9 Å². The van der Waals surface area contributed by atoms with E-state index in [0.29, 0.717) is 80.2 Å². The van der Waals surface area contributed by atoms with E-state index < -0.39 is 18.1 Å². The number of aromatic hydroxyl groups is 1. The quantitative estimate of drug-likeness (QED) is 0.0750. The SMILES string of the molecule is COc1cc2c(cc1O)[C@H](CC[C@H](O)C[C@H](/C=C/c1ccccc1)c1ccnc(N)c1)C#C[C@H]([C@H](O)CCCC[C@@H]1C[C@@H]3CCC(=O)C[C@H]3NC13CCCCC3)C(=O)CC2. The monoisotopic (exact) mass is 815 g/mol. The van der Waals surface area contributed by atoms with Gasteiger partial charge < -0.3 is 31.1 Å². The number of nitrogens with one attached hydrogen (secondary N) is 1. The van der Waals surface area contributed by atoms with Crippen LogP contribution >= 0.6 is 0 Å². The van der Waals surface area contributed by atoms with Gasteiger partial charge in [0.1, 0.15) is 17.5 Å². The fourth-order valence-electron chi connectivity index (χ4n) is 10.8. The number of phenols is 1. The number of hydrogen-bond donors (Lipinski definition) is 5. The Balaban J connectivity index is 1.03. The first-order valence-electron chi connectivity index (χ1n) is 22.6. The van der Waals surface area contributed by atoms with Crippen molar-refractivity contribution in [2.75, 3.05) is 12.8 Å². The summed E-state index contributed by atoms with van der Waals surface area (Å²) >= 11 is 0. The summed E-state index contributed by atoms with van der Waals surface area (Å²) in [6.45, 7) is 0. The van der Waals surface area contributed by atoms with Crippen molar-refractivity contribution in [3.05, 3.63) is 89.1 Å². The minimum Gasteiger partial charge on any atom is -0.504 e. The number of carbonyl (C=O) groups excluding carboxylic acids is 2. The van der Waals surface area contributed by atoms with E-state index in [1.807, 2.05) is 42.5 Å². The molecule has 3 fully saturated rings. The third kappa shape index (κ3) is 10.9. The number of ether oxygens (including phenoxy) is 1. The van der Waals surface area contributed by atoms with Crippen molar-refractivity contribution < 1.29 is 29.6 Å². The predicted molar refractivity (Wildman–Crippen MR) is 236 cm³/mol. The zero-order valence-electron chi connectivity index (χ0n) is 35.4. The number of ketones is 2. The summed E-state index contributed by atoms with van der Waals surface area (Å²) in [7, 11) is 1.51. The summed E-state index contributed by atoms with van der Waals surface area (Å²) in [5.74, 6) is 7.54. The van der Waals surface area contributed by atoms with Gasteiger partial charge in [0.15, 0.2) is 17.3 Å². The van der Waals surface area contributed by atoms with Gasteiger partial charge in [0.05, 0.1) is 19.3 Å². The zero-order chi connectivity index (χ0) is 42.1. The van der Waals surface area contributed by atoms with Crippen LogP contribution in [0.1, 0.15) is 143 Å². The molecule has 1 saturated heterocycles. The topological polar surface area (TPSA) is 155 Å². The number of methoxy groups -OCH3 is 1. The molecule has 1 aliphatic heterocycles. The summed E-state index contributed by atoms with van der Waals surface area (Å²) in [5.41, 5.74) is 9.91. The number of nitrogen functional groups attached to an aromatic ring is 1. The van der Waals surface area contributed by atoms with Crippen LogP contribution in [-0.2, 0) is 16.0 Å². The molecule has 0 bridgehead atoms. The second kappa shape index (κ2) is 20.4. The summed E-state index contributed by atoms with van der Waals surface area (Å²) in [6, 6.07) is 17.6. The molecule has 60 heavy (non-hydrogen) atoms. The number of aliphatic hydroxyl groups is 2. The van der Waals surface area contributed by atoms with Crippen molar-refractivity contribution in [1.82, 2.24) is 10.3 Å². The minimum atomic E-state index is -0.882. The third-order valence-corrected chi connectivity index (χ3v) is 14.2. The number of nitrogens with two attached hydrogens (primary N) is 1. The van der Waals surface area contributed by atoms with Gasteiger partial charge in [0.2, 0.25) is 0 Å². The number of hydrogen-bond acceptors (Lipinski definition) is 9. The number of phenolic OH excluding ortho intramolecular Hbond substituents is 1. The van der Waals surface area contributed by atoms with Gasteiger partial charge in [0, 0.05) is 48.9 Å². The van der Waals surface area contributed by atoms with Crippen molar-refractivity contribution in [2.45, 2.75) is 151 Å². The van der Waals surface area contributed by atoms with Gasteiger partial charge >= 0.3 is 0 Å². The van der Waals surface area contributed by atoms with Crippen LogP contribution in [-0.4, -0.2) is 62.8 Å². The normalized spacial score (nSPS) is 25.5. The maximum absolute atomic E-state index is 13.8. The smallest absolute Gasteiger partial charge is 0.160 e. The van der Waals surface area contributed by atoms with Crippen molar-refractivity contribution in [3.8, 4) is 23.3 Å². The molecule has 3 aliphatic carbocycles. The Hall–Kier alpha value is -4.49. The highest BCUT2D eigenvalue weighted by molar-refractivity contribution is 5.85. The van der Waals surface area contributed by atoms with Crippen LogP contribution in [0.5, 0.6) is 11.5 Å². The number of rotatable bonds is 15. The van der Waals surface area contributed by atoms with Gasteiger partial charge in [0.25, 0.3) is 0 Å². The Morgan fingerprint density at radius 3 is 2.58 bits per heavy atom. The summed E-state index contributed by atoms with van der Waals surface area (Å²) < 4.78 is 5.46. The van der Waals surface area contributed by atoms with Crippen LogP contribution in [0.25, 0.3) is 6.08 Å². The molecule has 7 rings (SSSR count). The first-order valence-corrected chi connectivity index (χ1v) is 22.6. The van der Waals surface area contributed by atoms with Crippen LogP contribution in [0.2, 0.25) is 0 Å². The number of unbranched alkanes of at least 4 members (excludes halogenated alkanes) is 1. The molecular formula is C51H65N3O6. The lowest BCUT2D eigenvalue weighted by Crippen LogP contribution is -2.63. The number of nitrogens with zero attached hydrogens (tertiary/aromatic N) is 1. The number of aryl methyl sites for hydroxylation is 1. The lowest BCUT2D eigenvalue weighted by atomic mass is 9.62. The van der Waals surface area contributed by atoms with E-state index in [-0.39, 0.29) is 35.3 Å². The molecule has 4 aliphatic rings. The Morgan fingerprint density at radius 1 is 0.983 bits per heavy atom. The number of pyridine rings is 1. The second-order valence-electron chi connectivity index (χ2n) is 18.2.